The minimum absolute atomic E-state index is 0.417. The molecule has 0 aliphatic rings. The number of nitrogens with one attached hydrogen (secondary N) is 2. The molecule has 2 nitrogen and oxygen atoms in total. The van der Waals surface area contributed by atoms with E-state index in [2.05, 4.69) is 38.3 Å². The first-order valence-electron chi connectivity index (χ1n) is 5.97. The van der Waals surface area contributed by atoms with Gasteiger partial charge in [-0.25, -0.2) is 0 Å². The van der Waals surface area contributed by atoms with Gasteiger partial charge in [0.15, 0.2) is 0 Å². The van der Waals surface area contributed by atoms with Gasteiger partial charge in [0, 0.05) is 0 Å². The van der Waals surface area contributed by atoms with Gasteiger partial charge in [0.2, 0.25) is 0 Å². The first kappa shape index (κ1) is 13.9. The second-order valence-corrected chi connectivity index (χ2v) is 5.19. The van der Waals surface area contributed by atoms with Crippen molar-refractivity contribution in [1.29, 1.82) is 0 Å². The molecule has 0 saturated carbocycles. The summed E-state index contributed by atoms with van der Waals surface area (Å²) in [5.41, 5.74) is 0.417. The fourth-order valence-electron chi connectivity index (χ4n) is 1.27. The molecule has 0 saturated heterocycles. The van der Waals surface area contributed by atoms with Gasteiger partial charge in [-0.1, -0.05) is 27.7 Å². The smallest absolute Gasteiger partial charge is 0.0000125 e. The van der Waals surface area contributed by atoms with E-state index in [-0.39, 0.29) is 0 Å². The van der Waals surface area contributed by atoms with Crippen LogP contribution in [0.25, 0.3) is 0 Å². The molecule has 2 N–H and O–H groups in total. The van der Waals surface area contributed by atoms with Gasteiger partial charge in [-0.15, -0.1) is 0 Å². The molecule has 0 aromatic carbocycles. The Bertz CT molecular complexity index is 116. The third-order valence-corrected chi connectivity index (χ3v) is 2.04. The summed E-state index contributed by atoms with van der Waals surface area (Å²) >= 11 is 0. The molecule has 0 bridgehead atoms. The maximum atomic E-state index is 3.49. The fraction of sp³-hybridized carbons (Fsp3) is 1.00. The predicted molar refractivity (Wildman–Crippen MR) is 64.7 cm³/mol. The van der Waals surface area contributed by atoms with Gasteiger partial charge >= 0.3 is 0 Å². The van der Waals surface area contributed by atoms with Crippen LogP contribution in [0.3, 0.4) is 0 Å². The summed E-state index contributed by atoms with van der Waals surface area (Å²) in [4.78, 5) is 0. The Hall–Kier alpha value is -0.0800. The SMILES string of the molecule is CCCNCCCCNCC(C)(C)C. The lowest BCUT2D eigenvalue weighted by Gasteiger charge is -2.18. The quantitative estimate of drug-likeness (QED) is 0.588. The topological polar surface area (TPSA) is 24.1 Å². The molecule has 0 aliphatic heterocycles. The minimum atomic E-state index is 0.417. The van der Waals surface area contributed by atoms with Gasteiger partial charge in [0.1, 0.15) is 0 Å². The molecule has 86 valence electrons. The van der Waals surface area contributed by atoms with Crippen LogP contribution in [0.15, 0.2) is 0 Å². The van der Waals surface area contributed by atoms with Crippen molar-refractivity contribution < 1.29 is 0 Å². The van der Waals surface area contributed by atoms with E-state index in [1.54, 1.807) is 0 Å². The highest BCUT2D eigenvalue weighted by molar-refractivity contribution is 4.64. The van der Waals surface area contributed by atoms with E-state index in [0.717, 1.165) is 19.6 Å². The molecule has 0 aromatic rings. The number of unbranched alkanes of at least 4 members (excludes halogenated alkanes) is 1. The summed E-state index contributed by atoms with van der Waals surface area (Å²) < 4.78 is 0. The lowest BCUT2D eigenvalue weighted by molar-refractivity contribution is 0.377. The third-order valence-electron chi connectivity index (χ3n) is 2.04. The summed E-state index contributed by atoms with van der Waals surface area (Å²) in [6.07, 6.45) is 3.81. The van der Waals surface area contributed by atoms with Crippen molar-refractivity contribution in [3.05, 3.63) is 0 Å². The van der Waals surface area contributed by atoms with E-state index < -0.39 is 0 Å². The number of rotatable bonds is 8. The molecule has 0 fully saturated rings. The monoisotopic (exact) mass is 200 g/mol. The maximum absolute atomic E-state index is 3.49. The molecule has 0 atom stereocenters. The van der Waals surface area contributed by atoms with Crippen molar-refractivity contribution in [1.82, 2.24) is 10.6 Å². The summed E-state index contributed by atoms with van der Waals surface area (Å²) in [5, 5.41) is 6.90. The molecular weight excluding hydrogens is 172 g/mol. The van der Waals surface area contributed by atoms with Crippen LogP contribution in [0.1, 0.15) is 47.0 Å². The lowest BCUT2D eigenvalue weighted by Crippen LogP contribution is -2.28. The van der Waals surface area contributed by atoms with Crippen LogP contribution in [0.5, 0.6) is 0 Å². The van der Waals surface area contributed by atoms with Gasteiger partial charge in [-0.05, 0) is 50.9 Å². The Balaban J connectivity index is 2.99. The third kappa shape index (κ3) is 11.9. The molecule has 0 aromatic heterocycles. The molecule has 2 heteroatoms. The molecule has 0 heterocycles. The van der Waals surface area contributed by atoms with Crippen molar-refractivity contribution >= 4 is 0 Å². The Morgan fingerprint density at radius 3 is 1.93 bits per heavy atom. The Labute approximate surface area is 89.9 Å². The normalized spacial score (nSPS) is 12.0. The zero-order valence-corrected chi connectivity index (χ0v) is 10.4. The van der Waals surface area contributed by atoms with Crippen LogP contribution in [-0.2, 0) is 0 Å². The van der Waals surface area contributed by atoms with E-state index in [9.17, 15) is 0 Å². The highest BCUT2D eigenvalue weighted by Crippen LogP contribution is 2.09. The van der Waals surface area contributed by atoms with Gasteiger partial charge in [0.25, 0.3) is 0 Å². The summed E-state index contributed by atoms with van der Waals surface area (Å²) in [6.45, 7) is 13.6. The van der Waals surface area contributed by atoms with E-state index in [4.69, 9.17) is 0 Å². The van der Waals surface area contributed by atoms with Crippen LogP contribution in [0.4, 0.5) is 0 Å². The second kappa shape index (κ2) is 8.25. The van der Waals surface area contributed by atoms with Gasteiger partial charge in [-0.2, -0.15) is 0 Å². The van der Waals surface area contributed by atoms with Crippen LogP contribution in [-0.4, -0.2) is 26.2 Å². The Morgan fingerprint density at radius 2 is 1.43 bits per heavy atom. The molecule has 0 radical (unpaired) electrons. The highest BCUT2D eigenvalue weighted by atomic mass is 14.9. The van der Waals surface area contributed by atoms with Crippen molar-refractivity contribution in [2.45, 2.75) is 47.0 Å². The molecule has 0 rings (SSSR count). The zero-order valence-electron chi connectivity index (χ0n) is 10.4. The van der Waals surface area contributed by atoms with Gasteiger partial charge in [-0.3, -0.25) is 0 Å². The first-order chi connectivity index (χ1) is 6.56. The predicted octanol–water partition coefficient (Wildman–Crippen LogP) is 2.40. The zero-order chi connectivity index (χ0) is 10.9. The number of hydrogen-bond acceptors (Lipinski definition) is 2. The van der Waals surface area contributed by atoms with Crippen LogP contribution in [0.2, 0.25) is 0 Å². The molecule has 0 aliphatic carbocycles. The van der Waals surface area contributed by atoms with E-state index >= 15 is 0 Å². The van der Waals surface area contributed by atoms with E-state index in [1.807, 2.05) is 0 Å². The van der Waals surface area contributed by atoms with Crippen molar-refractivity contribution in [2.75, 3.05) is 26.2 Å². The van der Waals surface area contributed by atoms with Crippen LogP contribution < -0.4 is 10.6 Å². The van der Waals surface area contributed by atoms with Crippen molar-refractivity contribution in [3.8, 4) is 0 Å². The fourth-order valence-corrected chi connectivity index (χ4v) is 1.27. The second-order valence-electron chi connectivity index (χ2n) is 5.19. The Morgan fingerprint density at radius 1 is 0.857 bits per heavy atom. The molecule has 0 spiro atoms. The lowest BCUT2D eigenvalue weighted by atomic mass is 9.97. The Kier molecular flexibility index (Phi) is 8.20. The minimum Gasteiger partial charge on any atom is -0.317 e. The molecule has 0 unspecified atom stereocenters. The van der Waals surface area contributed by atoms with Crippen molar-refractivity contribution in [2.24, 2.45) is 5.41 Å². The van der Waals surface area contributed by atoms with Crippen LogP contribution >= 0.6 is 0 Å². The van der Waals surface area contributed by atoms with E-state index in [1.165, 1.54) is 25.8 Å². The average Bonchev–Trinajstić information content (AvgIpc) is 2.08. The van der Waals surface area contributed by atoms with Gasteiger partial charge < -0.3 is 10.6 Å². The largest absolute Gasteiger partial charge is 0.317 e. The molecule has 14 heavy (non-hydrogen) atoms. The molecular formula is C12H28N2. The molecule has 0 amide bonds. The van der Waals surface area contributed by atoms with Crippen LogP contribution in [0, 0.1) is 5.41 Å². The first-order valence-corrected chi connectivity index (χ1v) is 5.97. The average molecular weight is 200 g/mol. The van der Waals surface area contributed by atoms with Gasteiger partial charge in [0.05, 0.1) is 0 Å². The maximum Gasteiger partial charge on any atom is -0.0000125 e. The summed E-state index contributed by atoms with van der Waals surface area (Å²) in [6, 6.07) is 0. The standard InChI is InChI=1S/C12H28N2/c1-5-8-13-9-6-7-10-14-11-12(2,3)4/h13-14H,5-11H2,1-4H3. The summed E-state index contributed by atoms with van der Waals surface area (Å²) in [5.74, 6) is 0. The van der Waals surface area contributed by atoms with E-state index in [0.29, 0.717) is 5.41 Å². The van der Waals surface area contributed by atoms with Crippen molar-refractivity contribution in [3.63, 3.8) is 0 Å². The summed E-state index contributed by atoms with van der Waals surface area (Å²) in [7, 11) is 0. The highest BCUT2D eigenvalue weighted by Gasteiger charge is 2.07. The number of hydrogen-bond donors (Lipinski definition) is 2.